The second kappa shape index (κ2) is 10.9. The number of halogens is 1. The fourth-order valence-corrected chi connectivity index (χ4v) is 6.90. The molecule has 11 atom stereocenters. The van der Waals surface area contributed by atoms with Gasteiger partial charge in [0.1, 0.15) is 42.9 Å². The highest BCUT2D eigenvalue weighted by atomic mass is 79.9. The van der Waals surface area contributed by atoms with Gasteiger partial charge in [-0.1, -0.05) is 40.7 Å². The Bertz CT molecular complexity index is 1000. The van der Waals surface area contributed by atoms with Gasteiger partial charge in [0.05, 0.1) is 36.1 Å². The SMILES string of the molecule is C=C(Br)CC(CC[C@H]1OC2C3CC1OC1C(O3)[C@H]2OC2CCC(CC=O)O[C@@H]21)OC(=O)c1ccccc1. The summed E-state index contributed by atoms with van der Waals surface area (Å²) in [7, 11) is 0. The average molecular weight is 577 g/mol. The van der Waals surface area contributed by atoms with E-state index in [0.29, 0.717) is 31.2 Å². The van der Waals surface area contributed by atoms with Crippen LogP contribution in [0, 0.1) is 0 Å². The Balaban J connectivity index is 1.14. The number of rotatable bonds is 9. The molecule has 3 bridgehead atoms. The Labute approximate surface area is 225 Å². The number of esters is 1. The quantitative estimate of drug-likeness (QED) is 0.323. The van der Waals surface area contributed by atoms with E-state index in [2.05, 4.69) is 22.5 Å². The largest absolute Gasteiger partial charge is 0.458 e. The highest BCUT2D eigenvalue weighted by Crippen LogP contribution is 2.48. The minimum atomic E-state index is -0.349. The third-order valence-electron chi connectivity index (χ3n) is 8.22. The van der Waals surface area contributed by atoms with Gasteiger partial charge >= 0.3 is 5.97 Å². The number of hydrogen-bond acceptors (Lipinski definition) is 8. The maximum absolute atomic E-state index is 12.7. The van der Waals surface area contributed by atoms with Crippen molar-refractivity contribution in [3.8, 4) is 0 Å². The third-order valence-corrected chi connectivity index (χ3v) is 8.55. The van der Waals surface area contributed by atoms with E-state index in [-0.39, 0.29) is 73.1 Å². The summed E-state index contributed by atoms with van der Waals surface area (Å²) in [6.45, 7) is 3.95. The lowest BCUT2D eigenvalue weighted by Gasteiger charge is -2.51. The summed E-state index contributed by atoms with van der Waals surface area (Å²) in [6, 6.07) is 9.00. The number of carbonyl (C=O) groups is 2. The second-order valence-corrected chi connectivity index (χ2v) is 11.8. The smallest absolute Gasteiger partial charge is 0.338 e. The summed E-state index contributed by atoms with van der Waals surface area (Å²) in [5.41, 5.74) is 0.522. The molecule has 5 aliphatic rings. The predicted molar refractivity (Wildman–Crippen MR) is 135 cm³/mol. The molecule has 5 saturated heterocycles. The summed E-state index contributed by atoms with van der Waals surface area (Å²) < 4.78 is 39.1. The zero-order valence-corrected chi connectivity index (χ0v) is 22.2. The molecule has 0 radical (unpaired) electrons. The minimum Gasteiger partial charge on any atom is -0.458 e. The number of hydrogen-bond donors (Lipinski definition) is 0. The van der Waals surface area contributed by atoms with Crippen molar-refractivity contribution >= 4 is 28.2 Å². The molecule has 1 aromatic carbocycles. The first-order valence-electron chi connectivity index (χ1n) is 13.3. The van der Waals surface area contributed by atoms with Crippen molar-refractivity contribution in [2.75, 3.05) is 0 Å². The molecule has 0 spiro atoms. The molecule has 0 N–H and O–H groups in total. The zero-order chi connectivity index (χ0) is 25.5. The molecular formula is C28H33BrO8. The molecule has 0 aliphatic carbocycles. The van der Waals surface area contributed by atoms with Crippen LogP contribution in [0.25, 0.3) is 0 Å². The van der Waals surface area contributed by atoms with Gasteiger partial charge in [0.2, 0.25) is 0 Å². The van der Waals surface area contributed by atoms with E-state index >= 15 is 0 Å². The van der Waals surface area contributed by atoms with Crippen molar-refractivity contribution in [2.45, 2.75) is 112 Å². The summed E-state index contributed by atoms with van der Waals surface area (Å²) in [6.07, 6.45) is 3.45. The standard InChI is InChI=1S/C28H33BrO8/c1-15(29)13-18(33-28(31)16-5-3-2-4-6-16)8-9-19-21-14-22-24(34-19)26-27(37-22)25(36-21)23-20(35-26)10-7-17(32-23)11-12-30/h2-6,12,17-27H,1,7-11,13-14H2/t17?,18?,19-,20?,21?,22?,23+,24?,25?,26+,27?/m1/s1. The summed E-state index contributed by atoms with van der Waals surface area (Å²) >= 11 is 3.43. The van der Waals surface area contributed by atoms with Gasteiger partial charge in [-0.3, -0.25) is 0 Å². The number of aldehydes is 1. The molecule has 8 nitrogen and oxygen atoms in total. The predicted octanol–water partition coefficient (Wildman–Crippen LogP) is 3.89. The molecule has 8 unspecified atom stereocenters. The van der Waals surface area contributed by atoms with Gasteiger partial charge in [-0.05, 0) is 42.3 Å². The normalized spacial score (nSPS) is 40.4. The minimum absolute atomic E-state index is 0.0683. The van der Waals surface area contributed by atoms with Crippen molar-refractivity contribution in [1.29, 1.82) is 0 Å². The zero-order valence-electron chi connectivity index (χ0n) is 20.6. The molecule has 1 aromatic rings. The maximum atomic E-state index is 12.7. The molecule has 6 rings (SSSR count). The van der Waals surface area contributed by atoms with Gasteiger partial charge in [0, 0.05) is 19.3 Å². The first-order valence-corrected chi connectivity index (χ1v) is 14.1. The lowest BCUT2D eigenvalue weighted by Crippen LogP contribution is -2.66. The summed E-state index contributed by atoms with van der Waals surface area (Å²) in [5, 5.41) is 0. The second-order valence-electron chi connectivity index (χ2n) is 10.7. The number of ether oxygens (including phenoxy) is 6. The fraction of sp³-hybridized carbons (Fsp3) is 0.643. The topological polar surface area (TPSA) is 89.5 Å². The van der Waals surface area contributed by atoms with Crippen LogP contribution >= 0.6 is 15.9 Å². The van der Waals surface area contributed by atoms with Crippen molar-refractivity contribution in [2.24, 2.45) is 0 Å². The fourth-order valence-electron chi connectivity index (χ4n) is 6.54. The molecule has 5 heterocycles. The first-order chi connectivity index (χ1) is 18.0. The van der Waals surface area contributed by atoms with E-state index in [1.165, 1.54) is 0 Å². The lowest BCUT2D eigenvalue weighted by molar-refractivity contribution is -0.300. The highest BCUT2D eigenvalue weighted by molar-refractivity contribution is 9.11. The Morgan fingerprint density at radius 1 is 0.973 bits per heavy atom. The van der Waals surface area contributed by atoms with Crippen molar-refractivity contribution in [1.82, 2.24) is 0 Å². The van der Waals surface area contributed by atoms with E-state index in [1.807, 2.05) is 18.2 Å². The van der Waals surface area contributed by atoms with Crippen LogP contribution in [-0.4, -0.2) is 79.4 Å². The maximum Gasteiger partial charge on any atom is 0.338 e. The van der Waals surface area contributed by atoms with Gasteiger partial charge in [-0.2, -0.15) is 0 Å². The van der Waals surface area contributed by atoms with Crippen molar-refractivity contribution in [3.05, 3.63) is 47.0 Å². The van der Waals surface area contributed by atoms with Gasteiger partial charge < -0.3 is 33.2 Å². The Kier molecular flexibility index (Phi) is 7.53. The average Bonchev–Trinajstić information content (AvgIpc) is 3.14. The molecule has 5 fully saturated rings. The van der Waals surface area contributed by atoms with Crippen LogP contribution < -0.4 is 0 Å². The van der Waals surface area contributed by atoms with Crippen LogP contribution in [0.4, 0.5) is 0 Å². The van der Waals surface area contributed by atoms with E-state index in [1.54, 1.807) is 12.1 Å². The van der Waals surface area contributed by atoms with E-state index in [0.717, 1.165) is 30.0 Å². The van der Waals surface area contributed by atoms with Gasteiger partial charge in [0.25, 0.3) is 0 Å². The number of fused-ring (bicyclic) bond motifs is 4. The summed E-state index contributed by atoms with van der Waals surface area (Å²) in [5.74, 6) is -0.349. The van der Waals surface area contributed by atoms with E-state index < -0.39 is 0 Å². The van der Waals surface area contributed by atoms with Crippen LogP contribution in [0.1, 0.15) is 55.3 Å². The molecule has 0 saturated carbocycles. The van der Waals surface area contributed by atoms with E-state index in [9.17, 15) is 9.59 Å². The number of carbonyl (C=O) groups excluding carboxylic acids is 2. The lowest BCUT2D eigenvalue weighted by atomic mass is 9.84. The molecule has 9 heteroatoms. The monoisotopic (exact) mass is 576 g/mol. The van der Waals surface area contributed by atoms with Gasteiger partial charge in [0.15, 0.2) is 0 Å². The van der Waals surface area contributed by atoms with E-state index in [4.69, 9.17) is 28.4 Å². The molecule has 200 valence electrons. The molecule has 0 amide bonds. The first kappa shape index (κ1) is 25.6. The van der Waals surface area contributed by atoms with Crippen LogP contribution in [0.3, 0.4) is 0 Å². The van der Waals surface area contributed by atoms with Gasteiger partial charge in [-0.25, -0.2) is 4.79 Å². The number of benzene rings is 1. The van der Waals surface area contributed by atoms with Crippen LogP contribution in [0.2, 0.25) is 0 Å². The van der Waals surface area contributed by atoms with Crippen molar-refractivity contribution < 1.29 is 38.0 Å². The Morgan fingerprint density at radius 2 is 1.68 bits per heavy atom. The van der Waals surface area contributed by atoms with Crippen LogP contribution in [0.15, 0.2) is 41.4 Å². The van der Waals surface area contributed by atoms with Crippen LogP contribution in [0.5, 0.6) is 0 Å². The Morgan fingerprint density at radius 3 is 2.43 bits per heavy atom. The third kappa shape index (κ3) is 5.18. The molecule has 37 heavy (non-hydrogen) atoms. The van der Waals surface area contributed by atoms with Crippen molar-refractivity contribution in [3.63, 3.8) is 0 Å². The highest BCUT2D eigenvalue weighted by Gasteiger charge is 2.63. The molecule has 5 aliphatic heterocycles. The van der Waals surface area contributed by atoms with Gasteiger partial charge in [-0.15, -0.1) is 0 Å². The molecular weight excluding hydrogens is 544 g/mol. The van der Waals surface area contributed by atoms with Crippen LogP contribution in [-0.2, 0) is 33.2 Å². The molecule has 0 aromatic heterocycles. The Hall–Kier alpha value is -1.62. The summed E-state index contributed by atoms with van der Waals surface area (Å²) in [4.78, 5) is 23.8.